The number of carbonyl (C=O) groups is 1. The Balaban J connectivity index is 2.40. The predicted octanol–water partition coefficient (Wildman–Crippen LogP) is 4.71. The van der Waals surface area contributed by atoms with E-state index in [1.54, 1.807) is 0 Å². The lowest BCUT2D eigenvalue weighted by Gasteiger charge is -2.11. The van der Waals surface area contributed by atoms with Crippen molar-refractivity contribution in [3.05, 3.63) is 57.6 Å². The number of anilines is 1. The molecule has 2 rings (SSSR count). The number of nitrogen functional groups attached to an aromatic ring is 1. The van der Waals surface area contributed by atoms with E-state index in [0.717, 1.165) is 18.2 Å². The van der Waals surface area contributed by atoms with Crippen LogP contribution < -0.4 is 10.5 Å². The maximum absolute atomic E-state index is 12.3. The normalized spacial score (nSPS) is 11.3. The van der Waals surface area contributed by atoms with Gasteiger partial charge in [-0.2, -0.15) is 0 Å². The number of rotatable bonds is 3. The highest BCUT2D eigenvalue weighted by atomic mass is 35.5. The van der Waals surface area contributed by atoms with Gasteiger partial charge in [0.2, 0.25) is 0 Å². The van der Waals surface area contributed by atoms with Crippen LogP contribution in [0, 0.1) is 0 Å². The Morgan fingerprint density at radius 1 is 1.05 bits per heavy atom. The van der Waals surface area contributed by atoms with Crippen molar-refractivity contribution in [3.63, 3.8) is 0 Å². The first-order chi connectivity index (χ1) is 10.2. The van der Waals surface area contributed by atoms with Crippen molar-refractivity contribution in [1.29, 1.82) is 0 Å². The van der Waals surface area contributed by atoms with E-state index in [2.05, 4.69) is 4.74 Å². The lowest BCUT2D eigenvalue weighted by Crippen LogP contribution is -2.17. The molecule has 0 aliphatic heterocycles. The molecule has 116 valence electrons. The fourth-order valence-electron chi connectivity index (χ4n) is 1.72. The predicted molar refractivity (Wildman–Crippen MR) is 77.4 cm³/mol. The molecule has 3 nitrogen and oxygen atoms in total. The first kappa shape index (κ1) is 16.5. The molecule has 0 aliphatic rings. The summed E-state index contributed by atoms with van der Waals surface area (Å²) < 4.78 is 40.4. The summed E-state index contributed by atoms with van der Waals surface area (Å²) in [6.45, 7) is 0. The Labute approximate surface area is 133 Å². The van der Waals surface area contributed by atoms with Crippen LogP contribution in [0.1, 0.15) is 15.9 Å². The minimum atomic E-state index is -4.86. The Hall–Kier alpha value is -1.92. The Morgan fingerprint density at radius 3 is 2.32 bits per heavy atom. The van der Waals surface area contributed by atoms with Crippen molar-refractivity contribution in [3.8, 4) is 5.75 Å². The minimum absolute atomic E-state index is 0.0191. The van der Waals surface area contributed by atoms with E-state index in [-0.39, 0.29) is 26.9 Å². The highest BCUT2D eigenvalue weighted by molar-refractivity contribution is 6.42. The molecule has 0 heterocycles. The third-order valence-corrected chi connectivity index (χ3v) is 3.42. The van der Waals surface area contributed by atoms with E-state index in [0.29, 0.717) is 0 Å². The quantitative estimate of drug-likeness (QED) is 0.645. The van der Waals surface area contributed by atoms with Crippen LogP contribution in [-0.4, -0.2) is 12.1 Å². The minimum Gasteiger partial charge on any atom is -0.406 e. The highest BCUT2D eigenvalue weighted by Crippen LogP contribution is 2.29. The zero-order chi connectivity index (χ0) is 16.5. The van der Waals surface area contributed by atoms with E-state index in [1.165, 1.54) is 18.2 Å². The topological polar surface area (TPSA) is 52.3 Å². The molecular weight excluding hydrogens is 342 g/mol. The summed E-state index contributed by atoms with van der Waals surface area (Å²) in [7, 11) is 0. The summed E-state index contributed by atoms with van der Waals surface area (Å²) in [5.74, 6) is -1.13. The zero-order valence-electron chi connectivity index (χ0n) is 10.7. The van der Waals surface area contributed by atoms with Gasteiger partial charge in [-0.1, -0.05) is 23.2 Å². The molecule has 0 atom stereocenters. The summed E-state index contributed by atoms with van der Waals surface area (Å²) in [6, 6.07) is 7.22. The average Bonchev–Trinajstić information content (AvgIpc) is 2.42. The molecule has 0 fully saturated rings. The van der Waals surface area contributed by atoms with Gasteiger partial charge in [0.1, 0.15) is 5.75 Å². The van der Waals surface area contributed by atoms with Crippen molar-refractivity contribution in [1.82, 2.24) is 0 Å². The van der Waals surface area contributed by atoms with Crippen molar-refractivity contribution in [2.45, 2.75) is 6.36 Å². The number of carbonyl (C=O) groups excluding carboxylic acids is 1. The summed E-state index contributed by atoms with van der Waals surface area (Å²) >= 11 is 11.6. The number of ether oxygens (including phenoxy) is 1. The van der Waals surface area contributed by atoms with Crippen LogP contribution in [0.25, 0.3) is 0 Å². The van der Waals surface area contributed by atoms with Gasteiger partial charge in [0.25, 0.3) is 0 Å². The lowest BCUT2D eigenvalue weighted by molar-refractivity contribution is -0.274. The molecule has 0 spiro atoms. The molecule has 0 aromatic heterocycles. The van der Waals surface area contributed by atoms with E-state index < -0.39 is 17.9 Å². The number of benzene rings is 2. The Bertz CT molecular complexity index is 733. The molecule has 2 aromatic carbocycles. The van der Waals surface area contributed by atoms with E-state index in [4.69, 9.17) is 28.9 Å². The van der Waals surface area contributed by atoms with Crippen molar-refractivity contribution >= 4 is 34.7 Å². The van der Waals surface area contributed by atoms with Gasteiger partial charge in [-0.15, -0.1) is 13.2 Å². The molecule has 0 bridgehead atoms. The fourth-order valence-corrected chi connectivity index (χ4v) is 2.02. The maximum atomic E-state index is 12.3. The smallest absolute Gasteiger partial charge is 0.406 e. The summed E-state index contributed by atoms with van der Waals surface area (Å²) in [5.41, 5.74) is 5.68. The van der Waals surface area contributed by atoms with Crippen molar-refractivity contribution < 1.29 is 22.7 Å². The summed E-state index contributed by atoms with van der Waals surface area (Å²) in [5, 5.41) is 0.397. The second-order valence-corrected chi connectivity index (χ2v) is 5.07. The van der Waals surface area contributed by atoms with Crippen LogP contribution >= 0.6 is 23.2 Å². The highest BCUT2D eigenvalue weighted by Gasteiger charge is 2.31. The van der Waals surface area contributed by atoms with Gasteiger partial charge in [-0.3, -0.25) is 4.79 Å². The third-order valence-electron chi connectivity index (χ3n) is 2.68. The third kappa shape index (κ3) is 3.84. The molecule has 2 aromatic rings. The lowest BCUT2D eigenvalue weighted by atomic mass is 10.0. The second kappa shape index (κ2) is 6.06. The van der Waals surface area contributed by atoms with E-state index >= 15 is 0 Å². The van der Waals surface area contributed by atoms with E-state index in [1.807, 2.05) is 0 Å². The van der Waals surface area contributed by atoms with E-state index in [9.17, 15) is 18.0 Å². The van der Waals surface area contributed by atoms with Gasteiger partial charge in [-0.05, 0) is 36.4 Å². The van der Waals surface area contributed by atoms with Crippen LogP contribution in [0.15, 0.2) is 36.4 Å². The molecule has 0 radical (unpaired) electrons. The number of nitrogens with two attached hydrogens (primary N) is 1. The van der Waals surface area contributed by atoms with Crippen LogP contribution in [0.5, 0.6) is 5.75 Å². The zero-order valence-corrected chi connectivity index (χ0v) is 12.3. The Kier molecular flexibility index (Phi) is 4.53. The molecular formula is C14H8Cl2F3NO2. The standard InChI is InChI=1S/C14H8Cl2F3NO2/c15-10-3-1-7(5-11(10)16)13(21)9-6-8(2-4-12(9)20)22-14(17,18)19/h1-6H,20H2. The number of halogens is 5. The molecule has 2 N–H and O–H groups in total. The summed E-state index contributed by atoms with van der Waals surface area (Å²) in [4.78, 5) is 12.3. The monoisotopic (exact) mass is 349 g/mol. The molecule has 22 heavy (non-hydrogen) atoms. The van der Waals surface area contributed by atoms with Gasteiger partial charge >= 0.3 is 6.36 Å². The van der Waals surface area contributed by atoms with Crippen LogP contribution in [-0.2, 0) is 0 Å². The second-order valence-electron chi connectivity index (χ2n) is 4.25. The molecule has 0 saturated carbocycles. The van der Waals surface area contributed by atoms with Crippen LogP contribution in [0.3, 0.4) is 0 Å². The Morgan fingerprint density at radius 2 is 1.73 bits per heavy atom. The first-order valence-electron chi connectivity index (χ1n) is 5.82. The first-order valence-corrected chi connectivity index (χ1v) is 6.58. The molecule has 0 aliphatic carbocycles. The van der Waals surface area contributed by atoms with Gasteiger partial charge in [0.15, 0.2) is 5.78 Å². The number of ketones is 1. The van der Waals surface area contributed by atoms with Crippen LogP contribution in [0.4, 0.5) is 18.9 Å². The van der Waals surface area contributed by atoms with Crippen molar-refractivity contribution in [2.75, 3.05) is 5.73 Å². The number of alkyl halides is 3. The van der Waals surface area contributed by atoms with Gasteiger partial charge in [0, 0.05) is 16.8 Å². The summed E-state index contributed by atoms with van der Waals surface area (Å²) in [6.07, 6.45) is -4.86. The SMILES string of the molecule is Nc1ccc(OC(F)(F)F)cc1C(=O)c1ccc(Cl)c(Cl)c1. The number of hydrogen-bond acceptors (Lipinski definition) is 3. The molecule has 0 amide bonds. The largest absolute Gasteiger partial charge is 0.573 e. The molecule has 8 heteroatoms. The molecule has 0 saturated heterocycles. The average molecular weight is 350 g/mol. The maximum Gasteiger partial charge on any atom is 0.573 e. The van der Waals surface area contributed by atoms with Gasteiger partial charge in [-0.25, -0.2) is 0 Å². The van der Waals surface area contributed by atoms with Crippen molar-refractivity contribution in [2.24, 2.45) is 0 Å². The molecule has 0 unspecified atom stereocenters. The van der Waals surface area contributed by atoms with Gasteiger partial charge < -0.3 is 10.5 Å². The fraction of sp³-hybridized carbons (Fsp3) is 0.0714. The van der Waals surface area contributed by atoms with Crippen LogP contribution in [0.2, 0.25) is 10.0 Å². The number of hydrogen-bond donors (Lipinski definition) is 1. The van der Waals surface area contributed by atoms with Gasteiger partial charge in [0.05, 0.1) is 10.0 Å².